The van der Waals surface area contributed by atoms with Gasteiger partial charge in [0, 0.05) is 19.3 Å². The predicted octanol–water partition coefficient (Wildman–Crippen LogP) is -0.631. The normalized spacial score (nSPS) is 23.6. The second kappa shape index (κ2) is 3.75. The summed E-state index contributed by atoms with van der Waals surface area (Å²) in [4.78, 5) is 13.0. The van der Waals surface area contributed by atoms with Gasteiger partial charge in [-0.3, -0.25) is 4.79 Å². The Morgan fingerprint density at radius 1 is 1.53 bits per heavy atom. The van der Waals surface area contributed by atoms with Gasteiger partial charge in [-0.2, -0.15) is 0 Å². The fourth-order valence-electron chi connectivity index (χ4n) is 1.50. The van der Waals surface area contributed by atoms with E-state index in [0.717, 1.165) is 0 Å². The molecule has 0 aliphatic carbocycles. The van der Waals surface area contributed by atoms with Crippen molar-refractivity contribution < 1.29 is 13.2 Å². The molecule has 1 atom stereocenters. The summed E-state index contributed by atoms with van der Waals surface area (Å²) in [5.74, 6) is -0.147. The lowest BCUT2D eigenvalue weighted by Gasteiger charge is -2.28. The molecule has 1 rings (SSSR count). The number of carbonyl (C=O) groups excluding carboxylic acids is 1. The Kier molecular flexibility index (Phi) is 3.11. The van der Waals surface area contributed by atoms with Crippen molar-refractivity contribution in [1.82, 2.24) is 4.90 Å². The second-order valence-electron chi connectivity index (χ2n) is 4.69. The van der Waals surface area contributed by atoms with Crippen molar-refractivity contribution in [3.8, 4) is 0 Å². The SMILES string of the molecule is CC(C)(CN1CCC(N)C1=O)S(C)(=O)=O. The van der Waals surface area contributed by atoms with Gasteiger partial charge in [0.1, 0.15) is 0 Å². The molecule has 0 spiro atoms. The third-order valence-electron chi connectivity index (χ3n) is 2.91. The Labute approximate surface area is 90.5 Å². The van der Waals surface area contributed by atoms with Gasteiger partial charge in [-0.25, -0.2) is 8.42 Å². The lowest BCUT2D eigenvalue weighted by atomic mass is 10.2. The number of nitrogens with two attached hydrogens (primary N) is 1. The van der Waals surface area contributed by atoms with Crippen LogP contribution in [0.25, 0.3) is 0 Å². The second-order valence-corrected chi connectivity index (χ2v) is 7.34. The molecule has 0 aromatic carbocycles. The Balaban J connectivity index is 2.76. The van der Waals surface area contributed by atoms with Crippen molar-refractivity contribution in [3.63, 3.8) is 0 Å². The molecule has 0 aromatic rings. The molecule has 0 radical (unpaired) electrons. The topological polar surface area (TPSA) is 80.5 Å². The molecule has 0 saturated carbocycles. The Morgan fingerprint density at radius 3 is 2.40 bits per heavy atom. The zero-order valence-electron chi connectivity index (χ0n) is 9.36. The van der Waals surface area contributed by atoms with Crippen molar-refractivity contribution in [2.75, 3.05) is 19.3 Å². The summed E-state index contributed by atoms with van der Waals surface area (Å²) in [7, 11) is -3.17. The van der Waals surface area contributed by atoms with Crippen LogP contribution in [0.2, 0.25) is 0 Å². The number of rotatable bonds is 3. The summed E-state index contributed by atoms with van der Waals surface area (Å²) in [6, 6.07) is -0.458. The Hall–Kier alpha value is -0.620. The van der Waals surface area contributed by atoms with Crippen LogP contribution in [0.4, 0.5) is 0 Å². The molecule has 1 unspecified atom stereocenters. The minimum absolute atomic E-state index is 0.147. The van der Waals surface area contributed by atoms with Crippen molar-refractivity contribution in [2.45, 2.75) is 31.1 Å². The number of amides is 1. The maximum Gasteiger partial charge on any atom is 0.239 e. The molecule has 1 aliphatic heterocycles. The summed E-state index contributed by atoms with van der Waals surface area (Å²) in [5.41, 5.74) is 5.56. The van der Waals surface area contributed by atoms with Crippen LogP contribution in [0, 0.1) is 0 Å². The number of hydrogen-bond donors (Lipinski definition) is 1. The smallest absolute Gasteiger partial charge is 0.239 e. The summed E-state index contributed by atoms with van der Waals surface area (Å²) in [5, 5.41) is 0. The zero-order valence-corrected chi connectivity index (χ0v) is 10.2. The predicted molar refractivity (Wildman–Crippen MR) is 58.1 cm³/mol. The molecular weight excluding hydrogens is 216 g/mol. The van der Waals surface area contributed by atoms with Gasteiger partial charge in [-0.05, 0) is 20.3 Å². The highest BCUT2D eigenvalue weighted by Crippen LogP contribution is 2.20. The first-order valence-electron chi connectivity index (χ1n) is 4.89. The fourth-order valence-corrected chi connectivity index (χ4v) is 1.89. The minimum Gasteiger partial charge on any atom is -0.340 e. The van der Waals surface area contributed by atoms with Crippen molar-refractivity contribution in [1.29, 1.82) is 0 Å². The van der Waals surface area contributed by atoms with Gasteiger partial charge in [0.2, 0.25) is 5.91 Å². The molecule has 1 fully saturated rings. The summed E-state index contributed by atoms with van der Waals surface area (Å²) < 4.78 is 22.0. The molecule has 0 aromatic heterocycles. The van der Waals surface area contributed by atoms with Crippen LogP contribution < -0.4 is 5.73 Å². The fraction of sp³-hybridized carbons (Fsp3) is 0.889. The van der Waals surface area contributed by atoms with Crippen LogP contribution >= 0.6 is 0 Å². The molecule has 15 heavy (non-hydrogen) atoms. The van der Waals surface area contributed by atoms with Crippen LogP contribution in [0.5, 0.6) is 0 Å². The average Bonchev–Trinajstić information content (AvgIpc) is 2.33. The van der Waals surface area contributed by atoms with E-state index in [2.05, 4.69) is 0 Å². The van der Waals surface area contributed by atoms with E-state index in [1.165, 1.54) is 11.2 Å². The van der Waals surface area contributed by atoms with E-state index in [0.29, 0.717) is 13.0 Å². The average molecular weight is 234 g/mol. The van der Waals surface area contributed by atoms with Gasteiger partial charge >= 0.3 is 0 Å². The lowest BCUT2D eigenvalue weighted by molar-refractivity contribution is -0.129. The van der Waals surface area contributed by atoms with Crippen molar-refractivity contribution in [2.24, 2.45) is 5.73 Å². The van der Waals surface area contributed by atoms with Gasteiger partial charge in [-0.1, -0.05) is 0 Å². The van der Waals surface area contributed by atoms with E-state index in [1.807, 2.05) is 0 Å². The van der Waals surface area contributed by atoms with E-state index < -0.39 is 20.6 Å². The molecular formula is C9H18N2O3S. The highest BCUT2D eigenvalue weighted by Gasteiger charge is 2.37. The van der Waals surface area contributed by atoms with Gasteiger partial charge < -0.3 is 10.6 Å². The van der Waals surface area contributed by atoms with E-state index in [1.54, 1.807) is 13.8 Å². The summed E-state index contributed by atoms with van der Waals surface area (Å²) in [6.45, 7) is 4.02. The summed E-state index contributed by atoms with van der Waals surface area (Å²) >= 11 is 0. The van der Waals surface area contributed by atoms with Crippen molar-refractivity contribution in [3.05, 3.63) is 0 Å². The first-order chi connectivity index (χ1) is 6.65. The van der Waals surface area contributed by atoms with E-state index in [4.69, 9.17) is 5.73 Å². The quantitative estimate of drug-likeness (QED) is 0.705. The number of hydrogen-bond acceptors (Lipinski definition) is 4. The molecule has 5 nitrogen and oxygen atoms in total. The first-order valence-corrected chi connectivity index (χ1v) is 6.78. The van der Waals surface area contributed by atoms with Crippen molar-refractivity contribution >= 4 is 15.7 Å². The van der Waals surface area contributed by atoms with Crippen LogP contribution in [0.3, 0.4) is 0 Å². The number of sulfone groups is 1. The van der Waals surface area contributed by atoms with Crippen LogP contribution in [0.1, 0.15) is 20.3 Å². The monoisotopic (exact) mass is 234 g/mol. The highest BCUT2D eigenvalue weighted by atomic mass is 32.2. The third-order valence-corrected chi connectivity index (χ3v) is 5.05. The highest BCUT2D eigenvalue weighted by molar-refractivity contribution is 7.92. The third kappa shape index (κ3) is 2.49. The number of carbonyl (C=O) groups is 1. The van der Waals surface area contributed by atoms with Gasteiger partial charge in [0.15, 0.2) is 9.84 Å². The molecule has 0 bridgehead atoms. The van der Waals surface area contributed by atoms with Crippen LogP contribution in [-0.2, 0) is 14.6 Å². The molecule has 1 aliphatic rings. The van der Waals surface area contributed by atoms with E-state index in [-0.39, 0.29) is 12.5 Å². The zero-order chi connectivity index (χ0) is 11.9. The van der Waals surface area contributed by atoms with Gasteiger partial charge in [0.25, 0.3) is 0 Å². The minimum atomic E-state index is -3.17. The molecule has 2 N–H and O–H groups in total. The Morgan fingerprint density at radius 2 is 2.07 bits per heavy atom. The van der Waals surface area contributed by atoms with E-state index in [9.17, 15) is 13.2 Å². The molecule has 88 valence electrons. The maximum atomic E-state index is 11.5. The largest absolute Gasteiger partial charge is 0.340 e. The molecule has 1 saturated heterocycles. The maximum absolute atomic E-state index is 11.5. The first kappa shape index (κ1) is 12.4. The molecule has 1 amide bonds. The number of likely N-dealkylation sites (tertiary alicyclic amines) is 1. The van der Waals surface area contributed by atoms with Crippen LogP contribution in [0.15, 0.2) is 0 Å². The van der Waals surface area contributed by atoms with Gasteiger partial charge in [0.05, 0.1) is 10.8 Å². The van der Waals surface area contributed by atoms with Gasteiger partial charge in [-0.15, -0.1) is 0 Å². The lowest BCUT2D eigenvalue weighted by Crippen LogP contribution is -2.46. The standard InChI is InChI=1S/C9H18N2O3S/c1-9(2,15(3,13)14)6-11-5-4-7(10)8(11)12/h7H,4-6,10H2,1-3H3. The molecule has 6 heteroatoms. The summed E-state index contributed by atoms with van der Waals surface area (Å²) in [6.07, 6.45) is 1.80. The number of nitrogens with zero attached hydrogens (tertiary/aromatic N) is 1. The van der Waals surface area contributed by atoms with E-state index >= 15 is 0 Å². The Bertz CT molecular complexity index is 362. The molecule has 1 heterocycles. The van der Waals surface area contributed by atoms with Crippen LogP contribution in [-0.4, -0.2) is 49.4 Å².